The second-order valence-electron chi connectivity index (χ2n) is 8.13. The van der Waals surface area contributed by atoms with Crippen molar-refractivity contribution < 1.29 is 18.3 Å². The zero-order valence-corrected chi connectivity index (χ0v) is 18.7. The van der Waals surface area contributed by atoms with Gasteiger partial charge in [-0.25, -0.2) is 8.78 Å². The molecule has 1 aliphatic rings. The first-order valence-electron chi connectivity index (χ1n) is 10.6. The number of benzene rings is 2. The van der Waals surface area contributed by atoms with Gasteiger partial charge >= 0.3 is 0 Å². The van der Waals surface area contributed by atoms with E-state index in [1.54, 1.807) is 22.9 Å². The third-order valence-electron chi connectivity index (χ3n) is 6.08. The lowest BCUT2D eigenvalue weighted by molar-refractivity contribution is 0.0652. The molecule has 0 saturated carbocycles. The van der Waals surface area contributed by atoms with Crippen molar-refractivity contribution in [2.24, 2.45) is 7.05 Å². The largest absolute Gasteiger partial charge is 0.497 e. The zero-order chi connectivity index (χ0) is 24.0. The first-order chi connectivity index (χ1) is 16.4. The number of methoxy groups -OCH3 is 1. The molecule has 2 atom stereocenters. The van der Waals surface area contributed by atoms with Gasteiger partial charge in [0, 0.05) is 31.8 Å². The van der Waals surface area contributed by atoms with E-state index in [9.17, 15) is 13.6 Å². The Labute approximate surface area is 193 Å². The number of hydrogen-bond acceptors (Lipinski definition) is 6. The quantitative estimate of drug-likeness (QED) is 0.460. The Morgan fingerprint density at radius 1 is 1.15 bits per heavy atom. The second kappa shape index (κ2) is 8.32. The van der Waals surface area contributed by atoms with Crippen LogP contribution < -0.4 is 4.74 Å². The molecule has 0 aliphatic carbocycles. The Bertz CT molecular complexity index is 1380. The lowest BCUT2D eigenvalue weighted by Gasteiger charge is -2.39. The highest BCUT2D eigenvalue weighted by Crippen LogP contribution is 2.41. The number of hydrogen-bond donors (Lipinski definition) is 0. The van der Waals surface area contributed by atoms with Crippen molar-refractivity contribution in [3.05, 3.63) is 82.9 Å². The van der Waals surface area contributed by atoms with Crippen molar-refractivity contribution in [3.63, 3.8) is 0 Å². The number of halogens is 2. The minimum absolute atomic E-state index is 0.106. The van der Waals surface area contributed by atoms with Crippen molar-refractivity contribution in [1.29, 1.82) is 0 Å². The number of rotatable bonds is 4. The fraction of sp³-hybridized carbons (Fsp3) is 0.261. The molecule has 2 aromatic carbocycles. The standard InChI is InChI=1S/C23H21F2N7O2/c1-13-17-6-5-16(34-3)9-18(17)19(14-10-26-30(2)11-14)12-31(13)23(33)22-27-29-32(28-22)21-7-4-15(24)8-20(21)25/h4-11,13,19H,12H2,1-3H3/t13-,19+/m0/s1. The highest BCUT2D eigenvalue weighted by Gasteiger charge is 2.37. The topological polar surface area (TPSA) is 91.0 Å². The van der Waals surface area contributed by atoms with Crippen LogP contribution in [0, 0.1) is 11.6 Å². The Morgan fingerprint density at radius 2 is 1.97 bits per heavy atom. The number of carbonyl (C=O) groups is 1. The highest BCUT2D eigenvalue weighted by molar-refractivity contribution is 5.91. The third kappa shape index (κ3) is 3.68. The fourth-order valence-electron chi connectivity index (χ4n) is 4.32. The van der Waals surface area contributed by atoms with Crippen LogP contribution in [0.1, 0.15) is 46.2 Å². The molecule has 11 heteroatoms. The van der Waals surface area contributed by atoms with E-state index in [1.807, 2.05) is 38.4 Å². The van der Waals surface area contributed by atoms with Crippen molar-refractivity contribution >= 4 is 5.91 Å². The molecule has 0 saturated heterocycles. The summed E-state index contributed by atoms with van der Waals surface area (Å²) in [5.74, 6) is -1.64. The molecule has 0 spiro atoms. The molecule has 0 unspecified atom stereocenters. The summed E-state index contributed by atoms with van der Waals surface area (Å²) in [5, 5.41) is 16.0. The minimum Gasteiger partial charge on any atom is -0.497 e. The Morgan fingerprint density at radius 3 is 2.68 bits per heavy atom. The van der Waals surface area contributed by atoms with Crippen LogP contribution in [0.5, 0.6) is 5.75 Å². The summed E-state index contributed by atoms with van der Waals surface area (Å²) in [6.07, 6.45) is 3.69. The molecule has 0 bridgehead atoms. The number of fused-ring (bicyclic) bond motifs is 1. The monoisotopic (exact) mass is 465 g/mol. The van der Waals surface area contributed by atoms with Crippen LogP contribution >= 0.6 is 0 Å². The SMILES string of the molecule is COc1ccc2c(c1)[C@@H](c1cnn(C)c1)CN(C(=O)c1nnn(-c3ccc(F)cc3F)n1)[C@H]2C. The minimum atomic E-state index is -0.859. The van der Waals surface area contributed by atoms with Crippen molar-refractivity contribution in [3.8, 4) is 11.4 Å². The average Bonchev–Trinajstić information content (AvgIpc) is 3.48. The van der Waals surface area contributed by atoms with Gasteiger partial charge in [0.25, 0.3) is 11.7 Å². The van der Waals surface area contributed by atoms with Crippen molar-refractivity contribution in [2.75, 3.05) is 13.7 Å². The van der Waals surface area contributed by atoms with Crippen LogP contribution in [0.15, 0.2) is 48.8 Å². The first kappa shape index (κ1) is 21.7. The number of aromatic nitrogens is 6. The van der Waals surface area contributed by atoms with E-state index < -0.39 is 17.5 Å². The molecular formula is C23H21F2N7O2. The molecular weight excluding hydrogens is 444 g/mol. The predicted octanol–water partition coefficient (Wildman–Crippen LogP) is 3.03. The van der Waals surface area contributed by atoms with Crippen LogP contribution in [0.25, 0.3) is 5.69 Å². The van der Waals surface area contributed by atoms with Gasteiger partial charge in [0.15, 0.2) is 5.82 Å². The van der Waals surface area contributed by atoms with E-state index in [1.165, 1.54) is 6.07 Å². The number of amides is 1. The van der Waals surface area contributed by atoms with Gasteiger partial charge in [-0.15, -0.1) is 15.0 Å². The van der Waals surface area contributed by atoms with Crippen LogP contribution in [-0.2, 0) is 7.05 Å². The van der Waals surface area contributed by atoms with Gasteiger partial charge in [0.1, 0.15) is 17.3 Å². The molecule has 174 valence electrons. The van der Waals surface area contributed by atoms with Crippen LogP contribution in [0.4, 0.5) is 8.78 Å². The van der Waals surface area contributed by atoms with Crippen LogP contribution in [0.2, 0.25) is 0 Å². The normalized spacial score (nSPS) is 17.5. The van der Waals surface area contributed by atoms with Gasteiger partial charge in [-0.1, -0.05) is 6.07 Å². The van der Waals surface area contributed by atoms with Gasteiger partial charge in [0.05, 0.1) is 19.3 Å². The Hall–Kier alpha value is -4.15. The maximum atomic E-state index is 14.1. The summed E-state index contributed by atoms with van der Waals surface area (Å²) < 4.78 is 34.5. The molecule has 3 heterocycles. The summed E-state index contributed by atoms with van der Waals surface area (Å²) in [4.78, 5) is 16.0. The van der Waals surface area contributed by atoms with Crippen molar-refractivity contribution in [2.45, 2.75) is 18.9 Å². The maximum absolute atomic E-state index is 14.1. The summed E-state index contributed by atoms with van der Waals surface area (Å²) in [6.45, 7) is 2.28. The van der Waals surface area contributed by atoms with Gasteiger partial charge in [-0.05, 0) is 53.1 Å². The van der Waals surface area contributed by atoms with E-state index in [-0.39, 0.29) is 23.5 Å². The van der Waals surface area contributed by atoms with Crippen LogP contribution in [-0.4, -0.2) is 54.4 Å². The smallest absolute Gasteiger partial charge is 0.296 e. The van der Waals surface area contributed by atoms with Gasteiger partial charge in [0.2, 0.25) is 0 Å². The highest BCUT2D eigenvalue weighted by atomic mass is 19.1. The average molecular weight is 465 g/mol. The Balaban J connectivity index is 1.51. The maximum Gasteiger partial charge on any atom is 0.296 e. The molecule has 9 nitrogen and oxygen atoms in total. The molecule has 0 radical (unpaired) electrons. The molecule has 34 heavy (non-hydrogen) atoms. The molecule has 0 N–H and O–H groups in total. The van der Waals surface area contributed by atoms with E-state index in [0.29, 0.717) is 6.54 Å². The van der Waals surface area contributed by atoms with Crippen LogP contribution in [0.3, 0.4) is 0 Å². The molecule has 4 aromatic rings. The molecule has 5 rings (SSSR count). The first-order valence-corrected chi connectivity index (χ1v) is 10.6. The van der Waals surface area contributed by atoms with Crippen molar-refractivity contribution in [1.82, 2.24) is 34.9 Å². The summed E-state index contributed by atoms with van der Waals surface area (Å²) in [7, 11) is 3.45. The van der Waals surface area contributed by atoms with E-state index in [0.717, 1.165) is 39.4 Å². The third-order valence-corrected chi connectivity index (χ3v) is 6.08. The molecule has 1 amide bonds. The number of ether oxygens (including phenoxy) is 1. The van der Waals surface area contributed by atoms with E-state index in [2.05, 4.69) is 20.5 Å². The Kier molecular flexibility index (Phi) is 5.31. The lowest BCUT2D eigenvalue weighted by Crippen LogP contribution is -2.41. The molecule has 1 aliphatic heterocycles. The molecule has 0 fully saturated rings. The fourth-order valence-corrected chi connectivity index (χ4v) is 4.32. The van der Waals surface area contributed by atoms with E-state index in [4.69, 9.17) is 4.74 Å². The van der Waals surface area contributed by atoms with Gasteiger partial charge < -0.3 is 9.64 Å². The predicted molar refractivity (Wildman–Crippen MR) is 117 cm³/mol. The summed E-state index contributed by atoms with van der Waals surface area (Å²) in [5.41, 5.74) is 2.86. The number of nitrogens with zero attached hydrogens (tertiary/aromatic N) is 7. The van der Waals surface area contributed by atoms with Gasteiger partial charge in [-0.3, -0.25) is 9.48 Å². The second-order valence-corrected chi connectivity index (χ2v) is 8.13. The lowest BCUT2D eigenvalue weighted by atomic mass is 9.82. The summed E-state index contributed by atoms with van der Waals surface area (Å²) >= 11 is 0. The number of tetrazole rings is 1. The number of aryl methyl sites for hydroxylation is 1. The summed E-state index contributed by atoms with van der Waals surface area (Å²) in [6, 6.07) is 8.49. The number of carbonyl (C=O) groups excluding carboxylic acids is 1. The molecule has 2 aromatic heterocycles. The van der Waals surface area contributed by atoms with Gasteiger partial charge in [-0.2, -0.15) is 5.10 Å². The zero-order valence-electron chi connectivity index (χ0n) is 18.7. The van der Waals surface area contributed by atoms with E-state index >= 15 is 0 Å².